The Morgan fingerprint density at radius 3 is 2.73 bits per heavy atom. The number of rotatable bonds is 4. The van der Waals surface area contributed by atoms with Gasteiger partial charge in [0, 0.05) is 31.4 Å². The van der Waals surface area contributed by atoms with Crippen LogP contribution in [0.15, 0.2) is 30.5 Å². The van der Waals surface area contributed by atoms with E-state index < -0.39 is 4.92 Å². The summed E-state index contributed by atoms with van der Waals surface area (Å²) in [6.07, 6.45) is 2.77. The minimum absolute atomic E-state index is 0.0462. The van der Waals surface area contributed by atoms with Crippen LogP contribution in [0.5, 0.6) is 0 Å². The van der Waals surface area contributed by atoms with Crippen LogP contribution in [0.2, 0.25) is 0 Å². The van der Waals surface area contributed by atoms with Gasteiger partial charge in [-0.1, -0.05) is 0 Å². The van der Waals surface area contributed by atoms with E-state index >= 15 is 0 Å². The van der Waals surface area contributed by atoms with E-state index in [0.717, 1.165) is 18.5 Å². The molecule has 0 radical (unpaired) electrons. The molecule has 2 aromatic rings. The number of nitro benzene ring substituents is 1. The third-order valence-electron chi connectivity index (χ3n) is 4.39. The molecular formula is C18H22N4O4. The summed E-state index contributed by atoms with van der Waals surface area (Å²) in [7, 11) is 0. The molecule has 3 rings (SSSR count). The highest BCUT2D eigenvalue weighted by molar-refractivity contribution is 5.96. The summed E-state index contributed by atoms with van der Waals surface area (Å²) in [5, 5.41) is 15.1. The van der Waals surface area contributed by atoms with Crippen LogP contribution in [0.1, 0.15) is 26.7 Å². The zero-order valence-corrected chi connectivity index (χ0v) is 14.8. The van der Waals surface area contributed by atoms with Crippen LogP contribution in [0.4, 0.5) is 16.2 Å². The quantitative estimate of drug-likeness (QED) is 0.663. The number of hydrogen-bond acceptors (Lipinski definition) is 6. The monoisotopic (exact) mass is 358 g/mol. The normalized spacial score (nSPS) is 15.3. The number of pyridine rings is 1. The molecular weight excluding hydrogens is 336 g/mol. The molecule has 1 aromatic carbocycles. The van der Waals surface area contributed by atoms with Crippen molar-refractivity contribution in [1.29, 1.82) is 0 Å². The standard InChI is InChI=1S/C18H22N4O4/c1-12(2)26-18(23)21-10-7-13(8-11-21)20-15-5-6-16(22(24)25)14-4-3-9-19-17(14)15/h3-6,9,12-13,20H,7-8,10-11H2,1-2H3. The Morgan fingerprint density at radius 2 is 2.08 bits per heavy atom. The molecule has 138 valence electrons. The second-order valence-corrected chi connectivity index (χ2v) is 6.63. The van der Waals surface area contributed by atoms with Crippen LogP contribution in [0.3, 0.4) is 0 Å². The van der Waals surface area contributed by atoms with E-state index in [1.54, 1.807) is 29.3 Å². The third kappa shape index (κ3) is 3.84. The smallest absolute Gasteiger partial charge is 0.410 e. The maximum Gasteiger partial charge on any atom is 0.410 e. The van der Waals surface area contributed by atoms with Crippen molar-refractivity contribution in [3.05, 3.63) is 40.6 Å². The number of amides is 1. The van der Waals surface area contributed by atoms with Gasteiger partial charge in [-0.2, -0.15) is 0 Å². The number of piperidine rings is 1. The molecule has 0 aliphatic carbocycles. The Kier molecular flexibility index (Phi) is 5.20. The van der Waals surface area contributed by atoms with E-state index in [4.69, 9.17) is 4.74 Å². The first-order valence-electron chi connectivity index (χ1n) is 8.70. The van der Waals surface area contributed by atoms with Crippen molar-refractivity contribution in [2.75, 3.05) is 18.4 Å². The van der Waals surface area contributed by atoms with Crippen LogP contribution in [0.25, 0.3) is 10.9 Å². The molecule has 0 spiro atoms. The minimum Gasteiger partial charge on any atom is -0.447 e. The number of carbonyl (C=O) groups excluding carboxylic acids is 1. The number of non-ortho nitro benzene ring substituents is 1. The second kappa shape index (κ2) is 7.55. The Labute approximate surface area is 151 Å². The Hall–Kier alpha value is -2.90. The van der Waals surface area contributed by atoms with Gasteiger partial charge in [0.15, 0.2) is 0 Å². The van der Waals surface area contributed by atoms with Gasteiger partial charge in [0.05, 0.1) is 22.1 Å². The molecule has 2 heterocycles. The number of benzene rings is 1. The predicted molar refractivity (Wildman–Crippen MR) is 98.2 cm³/mol. The van der Waals surface area contributed by atoms with Gasteiger partial charge in [0.2, 0.25) is 0 Å². The lowest BCUT2D eigenvalue weighted by atomic mass is 10.0. The number of nitrogens with one attached hydrogen (secondary N) is 1. The average molecular weight is 358 g/mol. The summed E-state index contributed by atoms with van der Waals surface area (Å²) >= 11 is 0. The number of nitro groups is 1. The molecule has 1 aliphatic rings. The Bertz CT molecular complexity index is 816. The Balaban J connectivity index is 1.70. The van der Waals surface area contributed by atoms with Crippen LogP contribution < -0.4 is 5.32 Å². The number of aromatic nitrogens is 1. The fourth-order valence-electron chi connectivity index (χ4n) is 3.14. The summed E-state index contributed by atoms with van der Waals surface area (Å²) in [5.41, 5.74) is 1.41. The zero-order valence-electron chi connectivity index (χ0n) is 14.8. The summed E-state index contributed by atoms with van der Waals surface area (Å²) in [6.45, 7) is 4.89. The van der Waals surface area contributed by atoms with Crippen LogP contribution in [0, 0.1) is 10.1 Å². The fourth-order valence-corrected chi connectivity index (χ4v) is 3.14. The van der Waals surface area contributed by atoms with Crippen molar-refractivity contribution in [2.24, 2.45) is 0 Å². The van der Waals surface area contributed by atoms with Crippen molar-refractivity contribution >= 4 is 28.4 Å². The molecule has 0 saturated carbocycles. The third-order valence-corrected chi connectivity index (χ3v) is 4.39. The highest BCUT2D eigenvalue weighted by Gasteiger charge is 2.25. The number of anilines is 1. The number of ether oxygens (including phenoxy) is 1. The van der Waals surface area contributed by atoms with Crippen molar-refractivity contribution in [3.63, 3.8) is 0 Å². The minimum atomic E-state index is -0.396. The van der Waals surface area contributed by atoms with Gasteiger partial charge < -0.3 is 15.0 Å². The van der Waals surface area contributed by atoms with Crippen LogP contribution in [-0.4, -0.2) is 46.1 Å². The van der Waals surface area contributed by atoms with Gasteiger partial charge in [-0.25, -0.2) is 4.79 Å². The largest absolute Gasteiger partial charge is 0.447 e. The molecule has 26 heavy (non-hydrogen) atoms. The van der Waals surface area contributed by atoms with Crippen molar-refractivity contribution in [2.45, 2.75) is 38.8 Å². The summed E-state index contributed by atoms with van der Waals surface area (Å²) in [5.74, 6) is 0. The van der Waals surface area contributed by atoms with Crippen LogP contribution in [-0.2, 0) is 4.74 Å². The van der Waals surface area contributed by atoms with E-state index in [0.29, 0.717) is 24.0 Å². The number of nitrogens with zero attached hydrogens (tertiary/aromatic N) is 3. The number of fused-ring (bicyclic) bond motifs is 1. The number of likely N-dealkylation sites (tertiary alicyclic amines) is 1. The molecule has 1 N–H and O–H groups in total. The topological polar surface area (TPSA) is 97.6 Å². The van der Waals surface area contributed by atoms with E-state index in [2.05, 4.69) is 10.3 Å². The van der Waals surface area contributed by atoms with Gasteiger partial charge in [-0.3, -0.25) is 15.1 Å². The van der Waals surface area contributed by atoms with Crippen molar-refractivity contribution in [3.8, 4) is 0 Å². The highest BCUT2D eigenvalue weighted by atomic mass is 16.6. The number of carbonyl (C=O) groups is 1. The van der Waals surface area contributed by atoms with Crippen LogP contribution >= 0.6 is 0 Å². The fraction of sp³-hybridized carbons (Fsp3) is 0.444. The molecule has 1 amide bonds. The lowest BCUT2D eigenvalue weighted by Gasteiger charge is -2.32. The molecule has 0 unspecified atom stereocenters. The molecule has 0 atom stereocenters. The van der Waals surface area contributed by atoms with Gasteiger partial charge in [-0.05, 0) is 44.9 Å². The maximum absolute atomic E-state index is 12.0. The van der Waals surface area contributed by atoms with Gasteiger partial charge in [0.25, 0.3) is 5.69 Å². The van der Waals surface area contributed by atoms with E-state index in [9.17, 15) is 14.9 Å². The maximum atomic E-state index is 12.0. The first kappa shape index (κ1) is 17.9. The lowest BCUT2D eigenvalue weighted by molar-refractivity contribution is -0.383. The SMILES string of the molecule is CC(C)OC(=O)N1CCC(Nc2ccc([N+](=O)[O-])c3cccnc23)CC1. The molecule has 1 aromatic heterocycles. The van der Waals surface area contributed by atoms with E-state index in [1.807, 2.05) is 13.8 Å². The molecule has 1 saturated heterocycles. The molecule has 1 fully saturated rings. The lowest BCUT2D eigenvalue weighted by Crippen LogP contribution is -2.43. The van der Waals surface area contributed by atoms with Crippen molar-refractivity contribution in [1.82, 2.24) is 9.88 Å². The molecule has 8 heteroatoms. The summed E-state index contributed by atoms with van der Waals surface area (Å²) < 4.78 is 5.23. The molecule has 8 nitrogen and oxygen atoms in total. The van der Waals surface area contributed by atoms with Gasteiger partial charge >= 0.3 is 6.09 Å². The average Bonchev–Trinajstić information content (AvgIpc) is 2.61. The summed E-state index contributed by atoms with van der Waals surface area (Å²) in [6, 6.07) is 6.77. The Morgan fingerprint density at radius 1 is 1.35 bits per heavy atom. The predicted octanol–water partition coefficient (Wildman–Crippen LogP) is 3.56. The van der Waals surface area contributed by atoms with Gasteiger partial charge in [0.1, 0.15) is 5.52 Å². The van der Waals surface area contributed by atoms with E-state index in [-0.39, 0.29) is 23.9 Å². The van der Waals surface area contributed by atoms with E-state index in [1.165, 1.54) is 6.07 Å². The molecule has 0 bridgehead atoms. The zero-order chi connectivity index (χ0) is 18.7. The first-order chi connectivity index (χ1) is 12.5. The second-order valence-electron chi connectivity index (χ2n) is 6.63. The molecule has 1 aliphatic heterocycles. The van der Waals surface area contributed by atoms with Gasteiger partial charge in [-0.15, -0.1) is 0 Å². The summed E-state index contributed by atoms with van der Waals surface area (Å²) in [4.78, 5) is 28.8. The highest BCUT2D eigenvalue weighted by Crippen LogP contribution is 2.31. The number of hydrogen-bond donors (Lipinski definition) is 1. The van der Waals surface area contributed by atoms with Crippen molar-refractivity contribution < 1.29 is 14.5 Å². The first-order valence-corrected chi connectivity index (χ1v) is 8.70.